The fourth-order valence-corrected chi connectivity index (χ4v) is 2.04. The summed E-state index contributed by atoms with van der Waals surface area (Å²) in [5.74, 6) is 2.31. The van der Waals surface area contributed by atoms with Crippen LogP contribution in [0.1, 0.15) is 23.0 Å². The van der Waals surface area contributed by atoms with Crippen molar-refractivity contribution in [3.05, 3.63) is 41.9 Å². The molecule has 0 spiro atoms. The average Bonchev–Trinajstić information content (AvgIpc) is 2.91. The minimum Gasteiger partial charge on any atom is -0.305 e. The number of hydrogen-bond acceptors (Lipinski definition) is 4. The van der Waals surface area contributed by atoms with Crippen LogP contribution in [0.4, 0.5) is 5.82 Å². The van der Waals surface area contributed by atoms with Crippen LogP contribution in [0.25, 0.3) is 0 Å². The number of hydrogen-bond donors (Lipinski definition) is 2. The third kappa shape index (κ3) is 3.33. The molecule has 0 aromatic carbocycles. The minimum absolute atomic E-state index is 0.236. The van der Waals surface area contributed by atoms with Gasteiger partial charge in [-0.05, 0) is 29.5 Å². The van der Waals surface area contributed by atoms with Gasteiger partial charge in [-0.15, -0.1) is 0 Å². The van der Waals surface area contributed by atoms with Crippen LogP contribution in [0, 0.1) is 0 Å². The fraction of sp³-hybridized carbons (Fsp3) is 0.250. The maximum atomic E-state index is 11.8. The van der Waals surface area contributed by atoms with E-state index >= 15 is 0 Å². The summed E-state index contributed by atoms with van der Waals surface area (Å²) in [6, 6.07) is 5.46. The maximum absolute atomic E-state index is 11.8. The minimum atomic E-state index is -0.236. The maximum Gasteiger partial charge on any atom is 0.274 e. The molecule has 0 bridgehead atoms. The number of anilines is 1. The topological polar surface area (TPSA) is 70.7 Å². The third-order valence-corrected chi connectivity index (χ3v) is 3.23. The van der Waals surface area contributed by atoms with Gasteiger partial charge in [0.15, 0.2) is 0 Å². The van der Waals surface area contributed by atoms with Gasteiger partial charge < -0.3 is 5.32 Å². The lowest BCUT2D eigenvalue weighted by Crippen LogP contribution is -2.13. The molecule has 0 aliphatic rings. The van der Waals surface area contributed by atoms with Gasteiger partial charge in [-0.2, -0.15) is 16.9 Å². The van der Waals surface area contributed by atoms with E-state index in [1.807, 2.05) is 23.9 Å². The van der Waals surface area contributed by atoms with Gasteiger partial charge in [0.2, 0.25) is 0 Å². The summed E-state index contributed by atoms with van der Waals surface area (Å²) in [5, 5.41) is 9.08. The van der Waals surface area contributed by atoms with E-state index in [2.05, 4.69) is 27.4 Å². The normalized spacial score (nSPS) is 10.3. The Hall–Kier alpha value is -1.82. The molecule has 0 saturated heterocycles. The SMILES string of the molecule is CCSCc1ccnc(NC(=O)c2ccn[nH]2)c1. The summed E-state index contributed by atoms with van der Waals surface area (Å²) < 4.78 is 0. The van der Waals surface area contributed by atoms with Crippen molar-refractivity contribution < 1.29 is 4.79 Å². The van der Waals surface area contributed by atoms with Crippen LogP contribution in [0.3, 0.4) is 0 Å². The Balaban J connectivity index is 2.03. The summed E-state index contributed by atoms with van der Waals surface area (Å²) in [5.41, 5.74) is 1.57. The summed E-state index contributed by atoms with van der Waals surface area (Å²) >= 11 is 1.83. The van der Waals surface area contributed by atoms with E-state index in [0.29, 0.717) is 11.5 Å². The number of aromatic amines is 1. The number of carbonyl (C=O) groups excluding carboxylic acids is 1. The molecule has 2 aromatic rings. The number of nitrogens with zero attached hydrogens (tertiary/aromatic N) is 2. The van der Waals surface area contributed by atoms with E-state index < -0.39 is 0 Å². The highest BCUT2D eigenvalue weighted by molar-refractivity contribution is 7.98. The molecule has 0 unspecified atom stereocenters. The lowest BCUT2D eigenvalue weighted by atomic mass is 10.3. The van der Waals surface area contributed by atoms with Gasteiger partial charge in [-0.3, -0.25) is 9.89 Å². The van der Waals surface area contributed by atoms with Crippen molar-refractivity contribution >= 4 is 23.5 Å². The fourth-order valence-electron chi connectivity index (χ4n) is 1.42. The Morgan fingerprint density at radius 1 is 1.44 bits per heavy atom. The van der Waals surface area contributed by atoms with Crippen molar-refractivity contribution in [3.63, 3.8) is 0 Å². The third-order valence-electron chi connectivity index (χ3n) is 2.28. The Bertz CT molecular complexity index is 513. The Kier molecular flexibility index (Phi) is 4.35. The van der Waals surface area contributed by atoms with Gasteiger partial charge in [0.05, 0.1) is 0 Å². The molecule has 5 nitrogen and oxygen atoms in total. The highest BCUT2D eigenvalue weighted by Crippen LogP contribution is 2.14. The van der Waals surface area contributed by atoms with Crippen LogP contribution in [0.5, 0.6) is 0 Å². The summed E-state index contributed by atoms with van der Waals surface area (Å²) in [4.78, 5) is 15.9. The molecule has 0 aliphatic heterocycles. The lowest BCUT2D eigenvalue weighted by molar-refractivity contribution is 0.102. The first-order valence-corrected chi connectivity index (χ1v) is 6.78. The van der Waals surface area contributed by atoms with Crippen LogP contribution in [0.2, 0.25) is 0 Å². The van der Waals surface area contributed by atoms with Crippen LogP contribution in [-0.2, 0) is 5.75 Å². The highest BCUT2D eigenvalue weighted by Gasteiger charge is 2.07. The van der Waals surface area contributed by atoms with E-state index in [4.69, 9.17) is 0 Å². The zero-order valence-corrected chi connectivity index (χ0v) is 10.8. The predicted molar refractivity (Wildman–Crippen MR) is 72.6 cm³/mol. The van der Waals surface area contributed by atoms with E-state index in [1.165, 1.54) is 6.20 Å². The molecular formula is C12H14N4OS. The van der Waals surface area contributed by atoms with Crippen molar-refractivity contribution in [1.82, 2.24) is 15.2 Å². The lowest BCUT2D eigenvalue weighted by Gasteiger charge is -2.05. The standard InChI is InChI=1S/C12H14N4OS/c1-2-18-8-9-3-5-13-11(7-9)15-12(17)10-4-6-14-16-10/h3-7H,2,8H2,1H3,(H,14,16)(H,13,15,17). The second-order valence-corrected chi connectivity index (χ2v) is 4.89. The summed E-state index contributed by atoms with van der Waals surface area (Å²) in [7, 11) is 0. The van der Waals surface area contributed by atoms with Gasteiger partial charge in [0, 0.05) is 18.1 Å². The second kappa shape index (κ2) is 6.20. The number of thioether (sulfide) groups is 1. The molecule has 0 aliphatic carbocycles. The van der Waals surface area contributed by atoms with E-state index in [1.54, 1.807) is 12.3 Å². The summed E-state index contributed by atoms with van der Waals surface area (Å²) in [6.45, 7) is 2.12. The first kappa shape index (κ1) is 12.6. The molecule has 2 aromatic heterocycles. The quantitative estimate of drug-likeness (QED) is 0.867. The number of rotatable bonds is 5. The monoisotopic (exact) mass is 262 g/mol. The molecular weight excluding hydrogens is 248 g/mol. The Morgan fingerprint density at radius 2 is 2.33 bits per heavy atom. The van der Waals surface area contributed by atoms with Crippen LogP contribution >= 0.6 is 11.8 Å². The Morgan fingerprint density at radius 3 is 3.06 bits per heavy atom. The van der Waals surface area contributed by atoms with Crippen LogP contribution in [0.15, 0.2) is 30.6 Å². The number of amides is 1. The van der Waals surface area contributed by atoms with Gasteiger partial charge in [0.25, 0.3) is 5.91 Å². The molecule has 2 N–H and O–H groups in total. The zero-order valence-electron chi connectivity index (χ0n) is 10.0. The van der Waals surface area contributed by atoms with E-state index in [-0.39, 0.29) is 5.91 Å². The van der Waals surface area contributed by atoms with Crippen molar-refractivity contribution in [2.45, 2.75) is 12.7 Å². The van der Waals surface area contributed by atoms with Gasteiger partial charge >= 0.3 is 0 Å². The van der Waals surface area contributed by atoms with Gasteiger partial charge in [-0.1, -0.05) is 6.92 Å². The van der Waals surface area contributed by atoms with Crippen molar-refractivity contribution in [1.29, 1.82) is 0 Å². The number of nitrogens with one attached hydrogen (secondary N) is 2. The molecule has 1 amide bonds. The number of carbonyl (C=O) groups is 1. The number of pyridine rings is 1. The molecule has 6 heteroatoms. The molecule has 0 fully saturated rings. The largest absolute Gasteiger partial charge is 0.305 e. The molecule has 0 radical (unpaired) electrons. The van der Waals surface area contributed by atoms with Crippen LogP contribution < -0.4 is 5.32 Å². The average molecular weight is 262 g/mol. The molecule has 94 valence electrons. The molecule has 2 heterocycles. The molecule has 0 saturated carbocycles. The number of H-pyrrole nitrogens is 1. The first-order chi connectivity index (χ1) is 8.79. The zero-order chi connectivity index (χ0) is 12.8. The highest BCUT2D eigenvalue weighted by atomic mass is 32.2. The van der Waals surface area contributed by atoms with E-state index in [9.17, 15) is 4.79 Å². The summed E-state index contributed by atoms with van der Waals surface area (Å²) in [6.07, 6.45) is 3.24. The van der Waals surface area contributed by atoms with Gasteiger partial charge in [-0.25, -0.2) is 4.98 Å². The second-order valence-electron chi connectivity index (χ2n) is 3.61. The van der Waals surface area contributed by atoms with E-state index in [0.717, 1.165) is 17.1 Å². The first-order valence-electron chi connectivity index (χ1n) is 5.63. The van der Waals surface area contributed by atoms with Crippen molar-refractivity contribution in [3.8, 4) is 0 Å². The van der Waals surface area contributed by atoms with Crippen LogP contribution in [-0.4, -0.2) is 26.8 Å². The predicted octanol–water partition coefficient (Wildman–Crippen LogP) is 2.31. The molecule has 2 rings (SSSR count). The number of aromatic nitrogens is 3. The smallest absolute Gasteiger partial charge is 0.274 e. The Labute approximate surface area is 109 Å². The van der Waals surface area contributed by atoms with Crippen molar-refractivity contribution in [2.24, 2.45) is 0 Å². The molecule has 18 heavy (non-hydrogen) atoms. The van der Waals surface area contributed by atoms with Crippen molar-refractivity contribution in [2.75, 3.05) is 11.1 Å². The van der Waals surface area contributed by atoms with Gasteiger partial charge in [0.1, 0.15) is 11.5 Å². The molecule has 0 atom stereocenters.